The summed E-state index contributed by atoms with van der Waals surface area (Å²) in [5.41, 5.74) is 4.11. The summed E-state index contributed by atoms with van der Waals surface area (Å²) in [6.45, 7) is 13.4. The van der Waals surface area contributed by atoms with Crippen molar-refractivity contribution < 1.29 is 9.53 Å². The van der Waals surface area contributed by atoms with Crippen LogP contribution in [-0.4, -0.2) is 53.8 Å². The molecule has 0 N–H and O–H groups in total. The number of carbonyl (C=O) groups is 1. The molecule has 6 nitrogen and oxygen atoms in total. The van der Waals surface area contributed by atoms with E-state index in [0.29, 0.717) is 32.0 Å². The van der Waals surface area contributed by atoms with Crippen LogP contribution in [0.1, 0.15) is 36.8 Å². The summed E-state index contributed by atoms with van der Waals surface area (Å²) < 4.78 is 5.54. The summed E-state index contributed by atoms with van der Waals surface area (Å²) in [5, 5.41) is 0. The third-order valence-electron chi connectivity index (χ3n) is 8.00. The largest absolute Gasteiger partial charge is 0.445 e. The summed E-state index contributed by atoms with van der Waals surface area (Å²) in [6.07, 6.45) is 3.00. The molecular weight excluding hydrogens is 472 g/mol. The van der Waals surface area contributed by atoms with Gasteiger partial charge in [0, 0.05) is 43.6 Å². The number of likely N-dealkylation sites (tertiary alicyclic amines) is 2. The Morgan fingerprint density at radius 1 is 0.895 bits per heavy atom. The number of aryl methyl sites for hydroxylation is 1. The Morgan fingerprint density at radius 2 is 1.47 bits per heavy atom. The molecule has 2 aliphatic heterocycles. The van der Waals surface area contributed by atoms with E-state index in [1.165, 1.54) is 16.9 Å². The second kappa shape index (κ2) is 11.7. The molecule has 2 fully saturated rings. The Kier molecular flexibility index (Phi) is 7.95. The van der Waals surface area contributed by atoms with E-state index in [1.54, 1.807) is 4.90 Å². The number of hydrogen-bond donors (Lipinski definition) is 0. The van der Waals surface area contributed by atoms with Gasteiger partial charge in [-0.05, 0) is 49.6 Å². The van der Waals surface area contributed by atoms with Crippen molar-refractivity contribution in [3.8, 4) is 0 Å². The third-order valence-corrected chi connectivity index (χ3v) is 8.00. The van der Waals surface area contributed by atoms with Crippen molar-refractivity contribution in [2.45, 2.75) is 50.9 Å². The topological polar surface area (TPSA) is 40.4 Å². The first kappa shape index (κ1) is 25.8. The first-order valence-electron chi connectivity index (χ1n) is 13.6. The second-order valence-corrected chi connectivity index (χ2v) is 10.4. The van der Waals surface area contributed by atoms with Gasteiger partial charge in [-0.15, -0.1) is 0 Å². The summed E-state index contributed by atoms with van der Waals surface area (Å²) in [5.74, 6) is 0. The predicted octanol–water partition coefficient (Wildman–Crippen LogP) is 6.65. The van der Waals surface area contributed by atoms with Crippen LogP contribution in [0, 0.1) is 13.5 Å². The lowest BCUT2D eigenvalue weighted by Gasteiger charge is -2.45. The molecule has 0 aliphatic carbocycles. The van der Waals surface area contributed by atoms with Crippen LogP contribution in [-0.2, 0) is 11.3 Å². The standard InChI is InChI=1S/C32H36N4O2/c1-26-13-15-29(16-14-26)36(28-11-7-4-8-12-28)30-17-21-35(22-18-30)32(33-2)19-23-34(24-20-32)31(37)38-25-27-9-5-3-6-10-27/h3-16,30H,17-25H2,1H3. The molecule has 1 amide bonds. The molecule has 0 radical (unpaired) electrons. The number of anilines is 2. The van der Waals surface area contributed by atoms with Crippen LogP contribution in [0.5, 0.6) is 0 Å². The molecule has 0 bridgehead atoms. The lowest BCUT2D eigenvalue weighted by Crippen LogP contribution is -2.57. The van der Waals surface area contributed by atoms with Crippen molar-refractivity contribution in [2.24, 2.45) is 0 Å². The molecule has 6 heteroatoms. The average Bonchev–Trinajstić information content (AvgIpc) is 2.98. The normalized spacial score (nSPS) is 17.9. The van der Waals surface area contributed by atoms with Gasteiger partial charge in [0.25, 0.3) is 5.66 Å². The molecule has 0 aromatic heterocycles. The van der Waals surface area contributed by atoms with Gasteiger partial charge in [-0.25, -0.2) is 16.3 Å². The zero-order valence-corrected chi connectivity index (χ0v) is 22.1. The van der Waals surface area contributed by atoms with Crippen molar-refractivity contribution in [3.63, 3.8) is 0 Å². The van der Waals surface area contributed by atoms with E-state index in [1.807, 2.05) is 30.3 Å². The van der Waals surface area contributed by atoms with E-state index in [4.69, 9.17) is 11.3 Å². The van der Waals surface area contributed by atoms with E-state index >= 15 is 0 Å². The van der Waals surface area contributed by atoms with Crippen LogP contribution in [0.2, 0.25) is 0 Å². The number of rotatable bonds is 6. The summed E-state index contributed by atoms with van der Waals surface area (Å²) >= 11 is 0. The predicted molar refractivity (Wildman–Crippen MR) is 151 cm³/mol. The van der Waals surface area contributed by atoms with Gasteiger partial charge in [0.15, 0.2) is 0 Å². The van der Waals surface area contributed by atoms with Crippen LogP contribution in [0.15, 0.2) is 84.9 Å². The van der Waals surface area contributed by atoms with Crippen molar-refractivity contribution in [3.05, 3.63) is 107 Å². The SMILES string of the molecule is [C-]#[N+]C1(N2CCC(N(c3ccccc3)c3ccc(C)cc3)CC2)CCN(C(=O)OCc2ccccc2)CC1. The average molecular weight is 509 g/mol. The lowest BCUT2D eigenvalue weighted by atomic mass is 9.91. The minimum absolute atomic E-state index is 0.274. The summed E-state index contributed by atoms with van der Waals surface area (Å²) in [7, 11) is 0. The van der Waals surface area contributed by atoms with Crippen LogP contribution in [0.4, 0.5) is 16.2 Å². The van der Waals surface area contributed by atoms with Crippen LogP contribution < -0.4 is 4.90 Å². The number of para-hydroxylation sites is 1. The molecule has 2 aliphatic rings. The number of hydrogen-bond acceptors (Lipinski definition) is 4. The molecule has 2 heterocycles. The molecule has 5 rings (SSSR count). The van der Waals surface area contributed by atoms with E-state index in [-0.39, 0.29) is 12.7 Å². The molecule has 3 aromatic carbocycles. The third kappa shape index (κ3) is 5.69. The van der Waals surface area contributed by atoms with Gasteiger partial charge in [-0.1, -0.05) is 66.2 Å². The van der Waals surface area contributed by atoms with Gasteiger partial charge >= 0.3 is 6.09 Å². The fraction of sp³-hybridized carbons (Fsp3) is 0.375. The van der Waals surface area contributed by atoms with Gasteiger partial charge in [0.1, 0.15) is 6.61 Å². The molecule has 0 unspecified atom stereocenters. The number of nitrogens with zero attached hydrogens (tertiary/aromatic N) is 4. The molecular formula is C32H36N4O2. The highest BCUT2D eigenvalue weighted by Gasteiger charge is 2.48. The number of piperidine rings is 2. The highest BCUT2D eigenvalue weighted by atomic mass is 16.6. The van der Waals surface area contributed by atoms with Crippen molar-refractivity contribution >= 4 is 17.5 Å². The van der Waals surface area contributed by atoms with E-state index < -0.39 is 5.66 Å². The lowest BCUT2D eigenvalue weighted by molar-refractivity contribution is 0.0280. The Bertz CT molecular complexity index is 1220. The Labute approximate surface area is 226 Å². The smallest absolute Gasteiger partial charge is 0.410 e. The van der Waals surface area contributed by atoms with Gasteiger partial charge in [0.05, 0.1) is 12.8 Å². The monoisotopic (exact) mass is 508 g/mol. The molecule has 3 aromatic rings. The molecule has 0 saturated carbocycles. The maximum absolute atomic E-state index is 12.7. The first-order chi connectivity index (χ1) is 18.6. The van der Waals surface area contributed by atoms with Crippen molar-refractivity contribution in [1.29, 1.82) is 0 Å². The Hall–Kier alpha value is -3.82. The molecule has 38 heavy (non-hydrogen) atoms. The molecule has 0 spiro atoms. The van der Waals surface area contributed by atoms with Crippen molar-refractivity contribution in [1.82, 2.24) is 9.80 Å². The van der Waals surface area contributed by atoms with E-state index in [2.05, 4.69) is 76.2 Å². The quantitative estimate of drug-likeness (QED) is 0.350. The van der Waals surface area contributed by atoms with Crippen LogP contribution >= 0.6 is 0 Å². The fourth-order valence-electron chi connectivity index (χ4n) is 5.76. The number of benzene rings is 3. The maximum Gasteiger partial charge on any atom is 0.410 e. The zero-order chi connectivity index (χ0) is 26.4. The minimum Gasteiger partial charge on any atom is -0.445 e. The van der Waals surface area contributed by atoms with Gasteiger partial charge < -0.3 is 14.5 Å². The maximum atomic E-state index is 12.7. The second-order valence-electron chi connectivity index (χ2n) is 10.4. The van der Waals surface area contributed by atoms with Crippen molar-refractivity contribution in [2.75, 3.05) is 31.1 Å². The zero-order valence-electron chi connectivity index (χ0n) is 22.1. The van der Waals surface area contributed by atoms with Crippen LogP contribution in [0.25, 0.3) is 4.85 Å². The van der Waals surface area contributed by atoms with Gasteiger partial charge in [0.2, 0.25) is 0 Å². The van der Waals surface area contributed by atoms with Crippen LogP contribution in [0.3, 0.4) is 0 Å². The molecule has 2 saturated heterocycles. The Morgan fingerprint density at radius 3 is 2.08 bits per heavy atom. The van der Waals surface area contributed by atoms with Gasteiger partial charge in [-0.3, -0.25) is 4.85 Å². The fourth-order valence-corrected chi connectivity index (χ4v) is 5.76. The van der Waals surface area contributed by atoms with E-state index in [9.17, 15) is 4.79 Å². The highest BCUT2D eigenvalue weighted by molar-refractivity contribution is 5.68. The minimum atomic E-state index is -0.539. The number of ether oxygens (including phenoxy) is 1. The van der Waals surface area contributed by atoms with Gasteiger partial charge in [-0.2, -0.15) is 0 Å². The first-order valence-corrected chi connectivity index (χ1v) is 13.6. The van der Waals surface area contributed by atoms with E-state index in [0.717, 1.165) is 31.5 Å². The summed E-state index contributed by atoms with van der Waals surface area (Å²) in [6, 6.07) is 29.5. The highest BCUT2D eigenvalue weighted by Crippen LogP contribution is 2.37. The molecule has 196 valence electrons. The molecule has 0 atom stereocenters. The number of carbonyl (C=O) groups excluding carboxylic acids is 1. The summed E-state index contributed by atoms with van der Waals surface area (Å²) in [4.78, 5) is 23.4. The Balaban J connectivity index is 1.20. The number of amides is 1.